The molecule has 0 saturated carbocycles. The highest BCUT2D eigenvalue weighted by Crippen LogP contribution is 2.22. The highest BCUT2D eigenvalue weighted by molar-refractivity contribution is 5.30. The van der Waals surface area contributed by atoms with E-state index >= 15 is 0 Å². The number of benzene rings is 1. The van der Waals surface area contributed by atoms with Crippen molar-refractivity contribution in [3.8, 4) is 5.75 Å². The Labute approximate surface area is 181 Å². The highest BCUT2D eigenvalue weighted by Gasteiger charge is 2.23. The predicted octanol–water partition coefficient (Wildman–Crippen LogP) is 3.04. The van der Waals surface area contributed by atoms with Crippen LogP contribution in [0.3, 0.4) is 0 Å². The number of aromatic nitrogens is 2. The number of hydrogen-bond acceptors (Lipinski definition) is 7. The zero-order valence-electron chi connectivity index (χ0n) is 17.4. The summed E-state index contributed by atoms with van der Waals surface area (Å²) in [5.74, 6) is 1.71. The van der Waals surface area contributed by atoms with Gasteiger partial charge in [-0.25, -0.2) is 9.97 Å². The molecule has 0 radical (unpaired) electrons. The van der Waals surface area contributed by atoms with E-state index in [2.05, 4.69) is 44.0 Å². The lowest BCUT2D eigenvalue weighted by molar-refractivity contribution is 0.162. The Morgan fingerprint density at radius 3 is 2.58 bits per heavy atom. The molecular weight excluding hydrogens is 392 g/mol. The van der Waals surface area contributed by atoms with Crippen LogP contribution in [0.1, 0.15) is 29.7 Å². The van der Waals surface area contributed by atoms with Crippen molar-refractivity contribution in [3.63, 3.8) is 0 Å². The molecule has 0 aliphatic carbocycles. The number of ether oxygens (including phenoxy) is 1. The Morgan fingerprint density at radius 2 is 1.81 bits per heavy atom. The van der Waals surface area contributed by atoms with E-state index in [1.54, 1.807) is 18.5 Å². The maximum absolute atomic E-state index is 12.6. The van der Waals surface area contributed by atoms with Gasteiger partial charge in [-0.3, -0.25) is 9.69 Å². The lowest BCUT2D eigenvalue weighted by atomic mass is 10.00. The molecule has 0 atom stereocenters. The molecule has 1 aromatic carbocycles. The van der Waals surface area contributed by atoms with E-state index in [0.29, 0.717) is 18.1 Å². The molecule has 0 unspecified atom stereocenters. The first-order chi connectivity index (χ1) is 15.2. The fourth-order valence-electron chi connectivity index (χ4n) is 4.32. The van der Waals surface area contributed by atoms with E-state index in [9.17, 15) is 4.79 Å². The molecule has 160 valence electrons. The van der Waals surface area contributed by atoms with E-state index in [1.807, 2.05) is 6.07 Å². The average Bonchev–Trinajstić information content (AvgIpc) is 2.82. The van der Waals surface area contributed by atoms with Crippen molar-refractivity contribution >= 4 is 5.95 Å². The van der Waals surface area contributed by atoms with Gasteiger partial charge in [-0.15, -0.1) is 0 Å². The van der Waals surface area contributed by atoms with Crippen LogP contribution >= 0.6 is 0 Å². The van der Waals surface area contributed by atoms with Crippen molar-refractivity contribution < 1.29 is 9.15 Å². The fraction of sp³-hybridized carbons (Fsp3) is 0.375. The molecule has 0 N–H and O–H groups in total. The van der Waals surface area contributed by atoms with Crippen molar-refractivity contribution in [1.82, 2.24) is 14.9 Å². The van der Waals surface area contributed by atoms with Crippen molar-refractivity contribution in [2.75, 3.05) is 24.5 Å². The second-order valence-corrected chi connectivity index (χ2v) is 8.16. The van der Waals surface area contributed by atoms with Gasteiger partial charge in [0, 0.05) is 57.5 Å². The Kier molecular flexibility index (Phi) is 5.67. The number of rotatable bonds is 5. The largest absolute Gasteiger partial charge is 0.483 e. The summed E-state index contributed by atoms with van der Waals surface area (Å²) >= 11 is 0. The minimum Gasteiger partial charge on any atom is -0.483 e. The molecule has 1 saturated heterocycles. The number of anilines is 1. The summed E-state index contributed by atoms with van der Waals surface area (Å²) in [7, 11) is 0. The first-order valence-electron chi connectivity index (χ1n) is 10.8. The quantitative estimate of drug-likeness (QED) is 0.631. The topological polar surface area (TPSA) is 71.7 Å². The van der Waals surface area contributed by atoms with Gasteiger partial charge in [0.1, 0.15) is 18.1 Å². The van der Waals surface area contributed by atoms with Crippen molar-refractivity contribution in [3.05, 3.63) is 82.2 Å². The maximum Gasteiger partial charge on any atom is 0.227 e. The average molecular weight is 418 g/mol. The predicted molar refractivity (Wildman–Crippen MR) is 117 cm³/mol. The first kappa shape index (κ1) is 19.8. The van der Waals surface area contributed by atoms with E-state index in [4.69, 9.17) is 9.15 Å². The zero-order chi connectivity index (χ0) is 21.0. The standard InChI is InChI=1S/C24H26N4O3/c29-22-14-21(16-27-11-6-18-4-1-2-5-19(18)15-27)30-17-23(22)31-20-7-12-28(13-8-20)24-25-9-3-10-26-24/h1-5,9-10,14,17,20H,6-8,11-13,15-16H2. The van der Waals surface area contributed by atoms with Gasteiger partial charge in [0.05, 0.1) is 6.54 Å². The normalized spacial score (nSPS) is 17.4. The van der Waals surface area contributed by atoms with Crippen LogP contribution in [-0.2, 0) is 19.5 Å². The second kappa shape index (κ2) is 8.89. The zero-order valence-corrected chi connectivity index (χ0v) is 17.4. The Bertz CT molecular complexity index is 1080. The van der Waals surface area contributed by atoms with Gasteiger partial charge in [-0.2, -0.15) is 0 Å². The molecule has 0 spiro atoms. The number of hydrogen-bond donors (Lipinski definition) is 0. The molecule has 7 heteroatoms. The monoisotopic (exact) mass is 418 g/mol. The fourth-order valence-corrected chi connectivity index (χ4v) is 4.32. The van der Waals surface area contributed by atoms with Crippen LogP contribution in [-0.4, -0.2) is 40.6 Å². The third kappa shape index (κ3) is 4.61. The molecule has 31 heavy (non-hydrogen) atoms. The van der Waals surface area contributed by atoms with Crippen molar-refractivity contribution in [1.29, 1.82) is 0 Å². The minimum atomic E-state index is -0.118. The second-order valence-electron chi connectivity index (χ2n) is 8.16. The third-order valence-corrected chi connectivity index (χ3v) is 6.01. The van der Waals surface area contributed by atoms with Crippen LogP contribution < -0.4 is 15.1 Å². The molecule has 1 fully saturated rings. The molecule has 5 rings (SSSR count). The van der Waals surface area contributed by atoms with Gasteiger partial charge in [0.15, 0.2) is 0 Å². The summed E-state index contributed by atoms with van der Waals surface area (Å²) in [5.41, 5.74) is 2.64. The van der Waals surface area contributed by atoms with Crippen molar-refractivity contribution in [2.45, 2.75) is 38.5 Å². The van der Waals surface area contributed by atoms with E-state index in [1.165, 1.54) is 17.4 Å². The summed E-state index contributed by atoms with van der Waals surface area (Å²) in [6, 6.07) is 11.9. The van der Waals surface area contributed by atoms with Gasteiger partial charge in [0.2, 0.25) is 17.1 Å². The molecule has 4 heterocycles. The lowest BCUT2D eigenvalue weighted by Gasteiger charge is -2.31. The first-order valence-corrected chi connectivity index (χ1v) is 10.8. The Hall–Kier alpha value is -3.19. The summed E-state index contributed by atoms with van der Waals surface area (Å²) in [4.78, 5) is 25.7. The molecule has 3 aromatic rings. The summed E-state index contributed by atoms with van der Waals surface area (Å²) in [6.45, 7) is 4.06. The molecular formula is C24H26N4O3. The maximum atomic E-state index is 12.6. The van der Waals surface area contributed by atoms with Crippen LogP contribution in [0.2, 0.25) is 0 Å². The molecule has 2 aliphatic rings. The van der Waals surface area contributed by atoms with Crippen LogP contribution in [0.15, 0.2) is 64.3 Å². The summed E-state index contributed by atoms with van der Waals surface area (Å²) in [6.07, 6.45) is 7.61. The van der Waals surface area contributed by atoms with Crippen LogP contribution in [0.5, 0.6) is 5.75 Å². The van der Waals surface area contributed by atoms with Gasteiger partial charge in [0.25, 0.3) is 0 Å². The molecule has 0 bridgehead atoms. The number of piperidine rings is 1. The number of fused-ring (bicyclic) bond motifs is 1. The minimum absolute atomic E-state index is 0.00712. The van der Waals surface area contributed by atoms with Gasteiger partial charge in [-0.05, 0) is 23.6 Å². The van der Waals surface area contributed by atoms with E-state index in [0.717, 1.165) is 51.4 Å². The van der Waals surface area contributed by atoms with Gasteiger partial charge >= 0.3 is 0 Å². The van der Waals surface area contributed by atoms with Gasteiger partial charge < -0.3 is 14.1 Å². The Balaban J connectivity index is 1.17. The van der Waals surface area contributed by atoms with Crippen molar-refractivity contribution in [2.24, 2.45) is 0 Å². The summed E-state index contributed by atoms with van der Waals surface area (Å²) in [5, 5.41) is 0. The van der Waals surface area contributed by atoms with Gasteiger partial charge in [-0.1, -0.05) is 24.3 Å². The van der Waals surface area contributed by atoms with E-state index < -0.39 is 0 Å². The molecule has 2 aliphatic heterocycles. The van der Waals surface area contributed by atoms with E-state index in [-0.39, 0.29) is 11.5 Å². The number of nitrogens with zero attached hydrogens (tertiary/aromatic N) is 4. The van der Waals surface area contributed by atoms with Crippen LogP contribution in [0.4, 0.5) is 5.95 Å². The highest BCUT2D eigenvalue weighted by atomic mass is 16.5. The smallest absolute Gasteiger partial charge is 0.227 e. The van der Waals surface area contributed by atoms with Crippen LogP contribution in [0, 0.1) is 0 Å². The lowest BCUT2D eigenvalue weighted by Crippen LogP contribution is -2.39. The third-order valence-electron chi connectivity index (χ3n) is 6.01. The molecule has 0 amide bonds. The SMILES string of the molecule is O=c1cc(CN2CCc3ccccc3C2)occ1OC1CCN(c2ncccn2)CC1. The molecule has 2 aromatic heterocycles. The summed E-state index contributed by atoms with van der Waals surface area (Å²) < 4.78 is 11.7. The Morgan fingerprint density at radius 1 is 1.03 bits per heavy atom. The molecule has 7 nitrogen and oxygen atoms in total. The van der Waals surface area contributed by atoms with Crippen LogP contribution in [0.25, 0.3) is 0 Å².